The molecule has 0 bridgehead atoms. The summed E-state index contributed by atoms with van der Waals surface area (Å²) < 4.78 is 6.90. The molecule has 1 atom stereocenters. The molecule has 0 spiro atoms. The molecule has 2 N–H and O–H groups in total. The van der Waals surface area contributed by atoms with Crippen LogP contribution in [0.3, 0.4) is 0 Å². The van der Waals surface area contributed by atoms with Crippen LogP contribution in [0.4, 0.5) is 5.82 Å². The van der Waals surface area contributed by atoms with Crippen LogP contribution in [0, 0.1) is 5.41 Å². The first kappa shape index (κ1) is 18.8. The fraction of sp³-hybridized carbons (Fsp3) is 0.476. The van der Waals surface area contributed by atoms with Crippen LogP contribution in [0.1, 0.15) is 26.2 Å². The number of aromatic nitrogens is 4. The van der Waals surface area contributed by atoms with E-state index in [1.165, 1.54) is 12.8 Å². The van der Waals surface area contributed by atoms with Crippen molar-refractivity contribution in [2.24, 2.45) is 5.41 Å². The summed E-state index contributed by atoms with van der Waals surface area (Å²) in [4.78, 5) is 9.43. The second-order valence-electron chi connectivity index (χ2n) is 7.88. The molecule has 4 heterocycles. The van der Waals surface area contributed by atoms with Gasteiger partial charge in [0.1, 0.15) is 12.5 Å². The van der Waals surface area contributed by atoms with Crippen molar-refractivity contribution in [1.82, 2.24) is 25.1 Å². The van der Waals surface area contributed by atoms with Gasteiger partial charge in [0.2, 0.25) is 0 Å². The number of nitrogens with one attached hydrogen (secondary N) is 2. The minimum absolute atomic E-state index is 0.345. The number of methoxy groups -OCH3 is 1. The monoisotopic (exact) mass is 380 g/mol. The third-order valence-electron chi connectivity index (χ3n) is 5.50. The first-order valence-electron chi connectivity index (χ1n) is 9.89. The van der Waals surface area contributed by atoms with E-state index in [0.717, 1.165) is 54.0 Å². The zero-order valence-corrected chi connectivity index (χ0v) is 16.6. The Labute approximate surface area is 165 Å². The van der Waals surface area contributed by atoms with E-state index in [9.17, 15) is 0 Å². The summed E-state index contributed by atoms with van der Waals surface area (Å²) in [6.45, 7) is 5.91. The van der Waals surface area contributed by atoms with Gasteiger partial charge in [-0.05, 0) is 49.4 Å². The Hall–Kier alpha value is -2.51. The Morgan fingerprint density at radius 1 is 1.39 bits per heavy atom. The maximum atomic E-state index is 5.14. The highest BCUT2D eigenvalue weighted by atomic mass is 16.5. The Morgan fingerprint density at radius 3 is 3.14 bits per heavy atom. The van der Waals surface area contributed by atoms with Crippen LogP contribution in [0.15, 0.2) is 36.8 Å². The van der Waals surface area contributed by atoms with Crippen molar-refractivity contribution in [3.05, 3.63) is 36.8 Å². The van der Waals surface area contributed by atoms with E-state index < -0.39 is 0 Å². The molecule has 1 saturated heterocycles. The number of piperidine rings is 1. The molecule has 148 valence electrons. The molecule has 3 aromatic rings. The fourth-order valence-corrected chi connectivity index (χ4v) is 3.87. The molecule has 0 amide bonds. The summed E-state index contributed by atoms with van der Waals surface area (Å²) in [5, 5.41) is 12.5. The lowest BCUT2D eigenvalue weighted by Crippen LogP contribution is -2.39. The second kappa shape index (κ2) is 8.24. The summed E-state index contributed by atoms with van der Waals surface area (Å²) in [5.41, 5.74) is 3.09. The van der Waals surface area contributed by atoms with Gasteiger partial charge in [-0.15, -0.1) is 0 Å². The number of fused-ring (bicyclic) bond motifs is 1. The molecule has 3 aromatic heterocycles. The highest BCUT2D eigenvalue weighted by Gasteiger charge is 2.26. The fourth-order valence-electron chi connectivity index (χ4n) is 3.87. The van der Waals surface area contributed by atoms with Crippen molar-refractivity contribution in [2.75, 3.05) is 32.1 Å². The molecule has 1 aliphatic heterocycles. The molecular formula is C21H28N6O. The van der Waals surface area contributed by atoms with Gasteiger partial charge in [0.05, 0.1) is 17.4 Å². The molecule has 0 aromatic carbocycles. The maximum Gasteiger partial charge on any atom is 0.138 e. The number of nitrogens with zero attached hydrogens (tertiary/aromatic N) is 4. The van der Waals surface area contributed by atoms with Gasteiger partial charge >= 0.3 is 0 Å². The van der Waals surface area contributed by atoms with Gasteiger partial charge in [0, 0.05) is 43.5 Å². The van der Waals surface area contributed by atoms with Crippen molar-refractivity contribution < 1.29 is 4.74 Å². The number of pyridine rings is 2. The third kappa shape index (κ3) is 4.15. The standard InChI is InChI=1S/C21H28N6O/c1-21(6-4-8-22-14-21)7-10-24-20-17-5-3-9-23-19(17)11-18(26-20)16-12-25-27(13-16)15-28-2/h3,5,9,11-13,22H,4,6-8,10,14-15H2,1-2H3,(H,24,26). The Morgan fingerprint density at radius 2 is 2.32 bits per heavy atom. The lowest BCUT2D eigenvalue weighted by atomic mass is 9.80. The topological polar surface area (TPSA) is 76.9 Å². The summed E-state index contributed by atoms with van der Waals surface area (Å²) in [6, 6.07) is 6.04. The minimum Gasteiger partial charge on any atom is -0.369 e. The second-order valence-corrected chi connectivity index (χ2v) is 7.88. The lowest BCUT2D eigenvalue weighted by Gasteiger charge is -2.34. The van der Waals surface area contributed by atoms with Crippen LogP contribution in [-0.2, 0) is 11.5 Å². The summed E-state index contributed by atoms with van der Waals surface area (Å²) >= 11 is 0. The largest absolute Gasteiger partial charge is 0.369 e. The third-order valence-corrected chi connectivity index (χ3v) is 5.50. The smallest absolute Gasteiger partial charge is 0.138 e. The van der Waals surface area contributed by atoms with Crippen LogP contribution in [0.5, 0.6) is 0 Å². The molecule has 0 radical (unpaired) electrons. The Balaban J connectivity index is 1.57. The van der Waals surface area contributed by atoms with Gasteiger partial charge in [-0.3, -0.25) is 4.98 Å². The molecular weight excluding hydrogens is 352 g/mol. The van der Waals surface area contributed by atoms with Gasteiger partial charge in [-0.2, -0.15) is 5.10 Å². The zero-order valence-electron chi connectivity index (χ0n) is 16.6. The van der Waals surface area contributed by atoms with Crippen LogP contribution in [0.25, 0.3) is 22.2 Å². The average Bonchev–Trinajstić information content (AvgIpc) is 3.17. The van der Waals surface area contributed by atoms with Crippen molar-refractivity contribution in [3.63, 3.8) is 0 Å². The van der Waals surface area contributed by atoms with E-state index >= 15 is 0 Å². The molecule has 28 heavy (non-hydrogen) atoms. The number of hydrogen-bond acceptors (Lipinski definition) is 6. The van der Waals surface area contributed by atoms with Crippen molar-refractivity contribution in [1.29, 1.82) is 0 Å². The molecule has 1 unspecified atom stereocenters. The molecule has 7 nitrogen and oxygen atoms in total. The predicted octanol–water partition coefficient (Wildman–Crippen LogP) is 3.29. The molecule has 1 aliphatic rings. The quantitative estimate of drug-likeness (QED) is 0.655. The number of ether oxygens (including phenoxy) is 1. The number of hydrogen-bond donors (Lipinski definition) is 2. The summed E-state index contributed by atoms with van der Waals surface area (Å²) in [5.74, 6) is 0.882. The van der Waals surface area contributed by atoms with Crippen LogP contribution in [0.2, 0.25) is 0 Å². The van der Waals surface area contributed by atoms with Crippen LogP contribution >= 0.6 is 0 Å². The average molecular weight is 380 g/mol. The van der Waals surface area contributed by atoms with Crippen molar-refractivity contribution in [2.45, 2.75) is 32.9 Å². The van der Waals surface area contributed by atoms with Gasteiger partial charge in [-0.1, -0.05) is 6.92 Å². The van der Waals surface area contributed by atoms with Gasteiger partial charge in [0.15, 0.2) is 0 Å². The van der Waals surface area contributed by atoms with E-state index in [1.54, 1.807) is 11.8 Å². The zero-order chi connectivity index (χ0) is 19.4. The van der Waals surface area contributed by atoms with E-state index in [-0.39, 0.29) is 0 Å². The van der Waals surface area contributed by atoms with Crippen molar-refractivity contribution in [3.8, 4) is 11.3 Å². The summed E-state index contributed by atoms with van der Waals surface area (Å²) in [6.07, 6.45) is 9.21. The van der Waals surface area contributed by atoms with Gasteiger partial charge in [-0.25, -0.2) is 9.67 Å². The lowest BCUT2D eigenvalue weighted by molar-refractivity contribution is 0.120. The summed E-state index contributed by atoms with van der Waals surface area (Å²) in [7, 11) is 1.66. The number of rotatable bonds is 7. The van der Waals surface area contributed by atoms with Crippen molar-refractivity contribution >= 4 is 16.7 Å². The SMILES string of the molecule is COCn1cc(-c2cc3ncccc3c(NCCC3(C)CCCNC3)n2)cn1. The van der Waals surface area contributed by atoms with Crippen LogP contribution < -0.4 is 10.6 Å². The molecule has 0 aliphatic carbocycles. The Bertz CT molecular complexity index is 932. The van der Waals surface area contributed by atoms with E-state index in [2.05, 4.69) is 33.7 Å². The minimum atomic E-state index is 0.345. The highest BCUT2D eigenvalue weighted by Crippen LogP contribution is 2.30. The maximum absolute atomic E-state index is 5.14. The van der Waals surface area contributed by atoms with Gasteiger partial charge < -0.3 is 15.4 Å². The highest BCUT2D eigenvalue weighted by molar-refractivity contribution is 5.91. The van der Waals surface area contributed by atoms with E-state index in [4.69, 9.17) is 9.72 Å². The molecule has 7 heteroatoms. The van der Waals surface area contributed by atoms with Crippen LogP contribution in [-0.4, -0.2) is 46.5 Å². The first-order chi connectivity index (χ1) is 13.7. The predicted molar refractivity (Wildman–Crippen MR) is 111 cm³/mol. The Kier molecular flexibility index (Phi) is 5.54. The number of anilines is 1. The van der Waals surface area contributed by atoms with Gasteiger partial charge in [0.25, 0.3) is 0 Å². The first-order valence-corrected chi connectivity index (χ1v) is 9.89. The van der Waals surface area contributed by atoms with E-state index in [1.807, 2.05) is 30.7 Å². The molecule has 0 saturated carbocycles. The molecule has 1 fully saturated rings. The normalized spacial score (nSPS) is 19.8. The van der Waals surface area contributed by atoms with E-state index in [0.29, 0.717) is 12.1 Å². The molecule has 4 rings (SSSR count).